The van der Waals surface area contributed by atoms with Crippen LogP contribution in [0.1, 0.15) is 43.2 Å². The lowest BCUT2D eigenvalue weighted by molar-refractivity contribution is 0.444. The van der Waals surface area contributed by atoms with E-state index in [-0.39, 0.29) is 0 Å². The van der Waals surface area contributed by atoms with Crippen LogP contribution in [0.4, 0.5) is 0 Å². The summed E-state index contributed by atoms with van der Waals surface area (Å²) in [6, 6.07) is 10.2. The molecule has 0 atom stereocenters. The van der Waals surface area contributed by atoms with Crippen molar-refractivity contribution in [2.24, 2.45) is 4.99 Å². The fourth-order valence-electron chi connectivity index (χ4n) is 2.07. The van der Waals surface area contributed by atoms with Crippen molar-refractivity contribution in [2.75, 3.05) is 0 Å². The van der Waals surface area contributed by atoms with E-state index in [1.165, 1.54) is 32.1 Å². The SMILES string of the molecule is N#Cc1ccc(/C=N/C2CCCCC2)cc1. The standard InChI is InChI=1S/C14H16N2/c15-10-12-6-8-13(9-7-12)11-16-14-4-2-1-3-5-14/h6-9,11,14H,1-5H2/b16-11+. The number of aliphatic imine (C=N–C) groups is 1. The minimum Gasteiger partial charge on any atom is -0.289 e. The second kappa shape index (κ2) is 5.46. The lowest BCUT2D eigenvalue weighted by atomic mass is 9.96. The van der Waals surface area contributed by atoms with E-state index in [0.717, 1.165) is 5.56 Å². The minimum absolute atomic E-state index is 0.518. The molecule has 2 heteroatoms. The van der Waals surface area contributed by atoms with Gasteiger partial charge in [0.1, 0.15) is 0 Å². The van der Waals surface area contributed by atoms with Gasteiger partial charge < -0.3 is 0 Å². The highest BCUT2D eigenvalue weighted by Crippen LogP contribution is 2.20. The van der Waals surface area contributed by atoms with Crippen molar-refractivity contribution in [3.05, 3.63) is 35.4 Å². The van der Waals surface area contributed by atoms with Gasteiger partial charge in [-0.05, 0) is 30.5 Å². The van der Waals surface area contributed by atoms with Crippen LogP contribution < -0.4 is 0 Å². The van der Waals surface area contributed by atoms with Crippen LogP contribution in [0.2, 0.25) is 0 Å². The van der Waals surface area contributed by atoms with Crippen LogP contribution in [0.5, 0.6) is 0 Å². The fraction of sp³-hybridized carbons (Fsp3) is 0.429. The molecule has 2 nitrogen and oxygen atoms in total. The quantitative estimate of drug-likeness (QED) is 0.693. The molecule has 0 radical (unpaired) electrons. The predicted molar refractivity (Wildman–Crippen MR) is 65.6 cm³/mol. The van der Waals surface area contributed by atoms with Gasteiger partial charge in [-0.2, -0.15) is 5.26 Å². The number of hydrogen-bond donors (Lipinski definition) is 0. The highest BCUT2D eigenvalue weighted by Gasteiger charge is 2.10. The van der Waals surface area contributed by atoms with Crippen LogP contribution in [0.3, 0.4) is 0 Å². The monoisotopic (exact) mass is 212 g/mol. The first kappa shape index (κ1) is 10.9. The Morgan fingerprint density at radius 3 is 2.44 bits per heavy atom. The van der Waals surface area contributed by atoms with Gasteiger partial charge in [0.15, 0.2) is 0 Å². The molecule has 0 heterocycles. The molecular formula is C14H16N2. The summed E-state index contributed by atoms with van der Waals surface area (Å²) in [7, 11) is 0. The second-order valence-electron chi connectivity index (χ2n) is 4.30. The molecule has 16 heavy (non-hydrogen) atoms. The summed E-state index contributed by atoms with van der Waals surface area (Å²) in [4.78, 5) is 4.60. The van der Waals surface area contributed by atoms with Gasteiger partial charge in [-0.1, -0.05) is 31.4 Å². The van der Waals surface area contributed by atoms with E-state index in [1.807, 2.05) is 30.5 Å². The van der Waals surface area contributed by atoms with Crippen molar-refractivity contribution in [1.82, 2.24) is 0 Å². The number of rotatable bonds is 2. The fourth-order valence-corrected chi connectivity index (χ4v) is 2.07. The molecular weight excluding hydrogens is 196 g/mol. The molecule has 2 rings (SSSR count). The molecule has 1 aliphatic rings. The summed E-state index contributed by atoms with van der Waals surface area (Å²) in [6.45, 7) is 0. The molecule has 0 unspecified atom stereocenters. The summed E-state index contributed by atoms with van der Waals surface area (Å²) >= 11 is 0. The van der Waals surface area contributed by atoms with Crippen LogP contribution in [-0.2, 0) is 0 Å². The molecule has 0 aromatic heterocycles. The van der Waals surface area contributed by atoms with Gasteiger partial charge in [0, 0.05) is 12.3 Å². The van der Waals surface area contributed by atoms with Crippen LogP contribution in [0.25, 0.3) is 0 Å². The van der Waals surface area contributed by atoms with Crippen molar-refractivity contribution in [1.29, 1.82) is 5.26 Å². The molecule has 0 aliphatic heterocycles. The molecule has 0 bridgehead atoms. The van der Waals surface area contributed by atoms with E-state index < -0.39 is 0 Å². The van der Waals surface area contributed by atoms with E-state index in [0.29, 0.717) is 11.6 Å². The Hall–Kier alpha value is -1.62. The highest BCUT2D eigenvalue weighted by molar-refractivity contribution is 5.79. The Morgan fingerprint density at radius 1 is 1.12 bits per heavy atom. The van der Waals surface area contributed by atoms with Gasteiger partial charge in [0.2, 0.25) is 0 Å². The van der Waals surface area contributed by atoms with Gasteiger partial charge in [0.25, 0.3) is 0 Å². The first-order valence-electron chi connectivity index (χ1n) is 5.92. The van der Waals surface area contributed by atoms with Crippen molar-refractivity contribution in [2.45, 2.75) is 38.1 Å². The molecule has 1 saturated carbocycles. The largest absolute Gasteiger partial charge is 0.289 e. The average molecular weight is 212 g/mol. The number of hydrogen-bond acceptors (Lipinski definition) is 2. The van der Waals surface area contributed by atoms with Crippen molar-refractivity contribution >= 4 is 6.21 Å². The topological polar surface area (TPSA) is 36.1 Å². The predicted octanol–water partition coefficient (Wildman–Crippen LogP) is 3.31. The van der Waals surface area contributed by atoms with Crippen LogP contribution in [0.15, 0.2) is 29.3 Å². The molecule has 0 spiro atoms. The molecule has 1 fully saturated rings. The third kappa shape index (κ3) is 2.93. The lowest BCUT2D eigenvalue weighted by Gasteiger charge is -2.16. The van der Waals surface area contributed by atoms with E-state index >= 15 is 0 Å². The minimum atomic E-state index is 0.518. The zero-order valence-corrected chi connectivity index (χ0v) is 9.39. The molecule has 1 aliphatic carbocycles. The maximum atomic E-state index is 8.68. The van der Waals surface area contributed by atoms with Crippen molar-refractivity contribution in [3.63, 3.8) is 0 Å². The number of nitrogens with zero attached hydrogens (tertiary/aromatic N) is 2. The maximum Gasteiger partial charge on any atom is 0.0991 e. The van der Waals surface area contributed by atoms with E-state index in [2.05, 4.69) is 11.1 Å². The van der Waals surface area contributed by atoms with Crippen molar-refractivity contribution in [3.8, 4) is 6.07 Å². The Kier molecular flexibility index (Phi) is 3.71. The van der Waals surface area contributed by atoms with Crippen LogP contribution >= 0.6 is 0 Å². The Labute approximate surface area is 96.6 Å². The zero-order valence-electron chi connectivity index (χ0n) is 9.39. The van der Waals surface area contributed by atoms with Crippen LogP contribution in [0, 0.1) is 11.3 Å². The molecule has 1 aromatic rings. The summed E-state index contributed by atoms with van der Waals surface area (Å²) < 4.78 is 0. The Morgan fingerprint density at radius 2 is 1.81 bits per heavy atom. The number of nitriles is 1. The Balaban J connectivity index is 1.97. The average Bonchev–Trinajstić information content (AvgIpc) is 2.38. The summed E-state index contributed by atoms with van der Waals surface area (Å²) in [6.07, 6.45) is 8.39. The van der Waals surface area contributed by atoms with Gasteiger partial charge in [-0.25, -0.2) is 0 Å². The zero-order chi connectivity index (χ0) is 11.2. The summed E-state index contributed by atoms with van der Waals surface area (Å²) in [5.74, 6) is 0. The highest BCUT2D eigenvalue weighted by atomic mass is 14.8. The van der Waals surface area contributed by atoms with E-state index in [9.17, 15) is 0 Å². The first-order chi connectivity index (χ1) is 7.88. The first-order valence-corrected chi connectivity index (χ1v) is 5.92. The van der Waals surface area contributed by atoms with Gasteiger partial charge in [-0.15, -0.1) is 0 Å². The normalized spacial score (nSPS) is 17.4. The second-order valence-corrected chi connectivity index (χ2v) is 4.30. The summed E-state index contributed by atoms with van der Waals surface area (Å²) in [5, 5.41) is 8.68. The Bertz CT molecular complexity index is 392. The van der Waals surface area contributed by atoms with E-state index in [4.69, 9.17) is 5.26 Å². The van der Waals surface area contributed by atoms with Crippen LogP contribution in [-0.4, -0.2) is 12.3 Å². The maximum absolute atomic E-state index is 8.68. The molecule has 0 N–H and O–H groups in total. The smallest absolute Gasteiger partial charge is 0.0991 e. The molecule has 0 amide bonds. The number of benzene rings is 1. The van der Waals surface area contributed by atoms with Gasteiger partial charge in [0.05, 0.1) is 11.6 Å². The lowest BCUT2D eigenvalue weighted by Crippen LogP contribution is -2.09. The third-order valence-corrected chi connectivity index (χ3v) is 3.05. The van der Waals surface area contributed by atoms with Crippen molar-refractivity contribution < 1.29 is 0 Å². The molecule has 0 saturated heterocycles. The van der Waals surface area contributed by atoms with Gasteiger partial charge in [-0.3, -0.25) is 4.99 Å². The summed E-state index contributed by atoms with van der Waals surface area (Å²) in [5.41, 5.74) is 1.79. The molecule has 1 aromatic carbocycles. The van der Waals surface area contributed by atoms with Gasteiger partial charge >= 0.3 is 0 Å². The molecule has 82 valence electrons. The van der Waals surface area contributed by atoms with E-state index in [1.54, 1.807) is 0 Å². The third-order valence-electron chi connectivity index (χ3n) is 3.05.